The molecule has 1 spiro atoms. The monoisotopic (exact) mass is 251 g/mol. The lowest BCUT2D eigenvalue weighted by Crippen LogP contribution is -2.43. The molecule has 1 aliphatic carbocycles. The van der Waals surface area contributed by atoms with Gasteiger partial charge < -0.3 is 0 Å². The number of hydrogen-bond acceptors (Lipinski definition) is 1. The highest BCUT2D eigenvalue weighted by Gasteiger charge is 2.47. The summed E-state index contributed by atoms with van der Waals surface area (Å²) in [5.74, 6) is 0.942. The van der Waals surface area contributed by atoms with Crippen molar-refractivity contribution in [3.63, 3.8) is 0 Å². The molecule has 0 bridgehead atoms. The van der Waals surface area contributed by atoms with Crippen LogP contribution < -0.4 is 0 Å². The van der Waals surface area contributed by atoms with Gasteiger partial charge in [-0.1, -0.05) is 6.92 Å². The Kier molecular flexibility index (Phi) is 1.72. The molecule has 1 unspecified atom stereocenters. The molecule has 1 aliphatic heterocycles. The first-order chi connectivity index (χ1) is 4.73. The summed E-state index contributed by atoms with van der Waals surface area (Å²) in [4.78, 5) is 0. The standard InChI is InChI=1S/C8H14IN/c1-7-5-8(3-2-4-8)10(9)6-7/h7H,2-6H2,1H3. The molecule has 1 saturated carbocycles. The van der Waals surface area contributed by atoms with Crippen LogP contribution in [0.3, 0.4) is 0 Å². The van der Waals surface area contributed by atoms with E-state index in [1.165, 1.54) is 32.2 Å². The molecule has 0 aromatic carbocycles. The lowest BCUT2D eigenvalue weighted by atomic mass is 9.75. The van der Waals surface area contributed by atoms with E-state index in [-0.39, 0.29) is 0 Å². The van der Waals surface area contributed by atoms with E-state index in [1.807, 2.05) is 0 Å². The minimum Gasteiger partial charge on any atom is -0.241 e. The summed E-state index contributed by atoms with van der Waals surface area (Å²) in [5.41, 5.74) is 0.667. The van der Waals surface area contributed by atoms with Crippen molar-refractivity contribution < 1.29 is 0 Å². The van der Waals surface area contributed by atoms with Gasteiger partial charge in [0.2, 0.25) is 0 Å². The minimum absolute atomic E-state index is 0.667. The van der Waals surface area contributed by atoms with Crippen molar-refractivity contribution in [1.82, 2.24) is 3.11 Å². The van der Waals surface area contributed by atoms with Gasteiger partial charge in [0.05, 0.1) is 0 Å². The molecule has 0 radical (unpaired) electrons. The van der Waals surface area contributed by atoms with Gasteiger partial charge >= 0.3 is 0 Å². The van der Waals surface area contributed by atoms with Crippen molar-refractivity contribution in [2.24, 2.45) is 5.92 Å². The summed E-state index contributed by atoms with van der Waals surface area (Å²) < 4.78 is 2.55. The van der Waals surface area contributed by atoms with E-state index in [2.05, 4.69) is 32.9 Å². The third-order valence-corrected chi connectivity index (χ3v) is 4.42. The van der Waals surface area contributed by atoms with Crippen molar-refractivity contribution >= 4 is 22.9 Å². The van der Waals surface area contributed by atoms with Crippen LogP contribution in [0.5, 0.6) is 0 Å². The summed E-state index contributed by atoms with van der Waals surface area (Å²) in [7, 11) is 0. The number of halogens is 1. The van der Waals surface area contributed by atoms with E-state index >= 15 is 0 Å². The van der Waals surface area contributed by atoms with Crippen molar-refractivity contribution in [3.05, 3.63) is 0 Å². The molecule has 2 aliphatic rings. The molecule has 58 valence electrons. The van der Waals surface area contributed by atoms with Crippen LogP contribution in [0.15, 0.2) is 0 Å². The quantitative estimate of drug-likeness (QED) is 0.472. The zero-order valence-electron chi connectivity index (χ0n) is 6.44. The maximum absolute atomic E-state index is 2.55. The Labute approximate surface area is 76.7 Å². The van der Waals surface area contributed by atoms with Crippen LogP contribution in [0.4, 0.5) is 0 Å². The molecule has 0 amide bonds. The van der Waals surface area contributed by atoms with E-state index in [1.54, 1.807) is 0 Å². The second-order valence-corrected chi connectivity index (χ2v) is 5.10. The van der Waals surface area contributed by atoms with Gasteiger partial charge in [0.25, 0.3) is 0 Å². The lowest BCUT2D eigenvalue weighted by Gasteiger charge is -2.42. The molecule has 1 atom stereocenters. The Morgan fingerprint density at radius 3 is 2.40 bits per heavy atom. The Bertz CT molecular complexity index is 142. The van der Waals surface area contributed by atoms with Gasteiger partial charge in [-0.05, 0) is 31.6 Å². The van der Waals surface area contributed by atoms with Crippen molar-refractivity contribution in [2.45, 2.75) is 38.1 Å². The highest BCUT2D eigenvalue weighted by Crippen LogP contribution is 2.48. The summed E-state index contributed by atoms with van der Waals surface area (Å²) >= 11 is 2.51. The summed E-state index contributed by atoms with van der Waals surface area (Å²) in [6.45, 7) is 3.69. The summed E-state index contributed by atoms with van der Waals surface area (Å²) in [5, 5.41) is 0. The highest BCUT2D eigenvalue weighted by atomic mass is 127. The van der Waals surface area contributed by atoms with Crippen LogP contribution in [-0.4, -0.2) is 15.2 Å². The molecular weight excluding hydrogens is 237 g/mol. The van der Waals surface area contributed by atoms with Crippen LogP contribution in [0, 0.1) is 5.92 Å². The molecule has 0 aromatic rings. The Morgan fingerprint density at radius 1 is 1.50 bits per heavy atom. The minimum atomic E-state index is 0.667. The fourth-order valence-electron chi connectivity index (χ4n) is 2.31. The first-order valence-electron chi connectivity index (χ1n) is 4.16. The van der Waals surface area contributed by atoms with Gasteiger partial charge in [-0.3, -0.25) is 0 Å². The molecule has 0 N–H and O–H groups in total. The largest absolute Gasteiger partial charge is 0.241 e. The smallest absolute Gasteiger partial charge is 0.0308 e. The number of rotatable bonds is 0. The zero-order valence-corrected chi connectivity index (χ0v) is 8.60. The van der Waals surface area contributed by atoms with E-state index in [0.717, 1.165) is 5.92 Å². The van der Waals surface area contributed by atoms with E-state index in [0.29, 0.717) is 5.54 Å². The average molecular weight is 251 g/mol. The molecule has 0 aromatic heterocycles. The molecule has 10 heavy (non-hydrogen) atoms. The second kappa shape index (κ2) is 2.34. The van der Waals surface area contributed by atoms with E-state index in [4.69, 9.17) is 0 Å². The first kappa shape index (κ1) is 7.35. The topological polar surface area (TPSA) is 3.24 Å². The SMILES string of the molecule is CC1CN(I)C2(CCC2)C1. The molecule has 1 saturated heterocycles. The average Bonchev–Trinajstić information content (AvgIpc) is 2.04. The van der Waals surface area contributed by atoms with Crippen LogP contribution in [0.1, 0.15) is 32.6 Å². The highest BCUT2D eigenvalue weighted by molar-refractivity contribution is 14.1. The Balaban J connectivity index is 2.08. The molecule has 2 fully saturated rings. The summed E-state index contributed by atoms with van der Waals surface area (Å²) in [6, 6.07) is 0. The Morgan fingerprint density at radius 2 is 2.20 bits per heavy atom. The lowest BCUT2D eigenvalue weighted by molar-refractivity contribution is 0.152. The van der Waals surface area contributed by atoms with Gasteiger partial charge in [0.15, 0.2) is 0 Å². The van der Waals surface area contributed by atoms with Gasteiger partial charge in [-0.2, -0.15) is 0 Å². The van der Waals surface area contributed by atoms with Gasteiger partial charge in [0, 0.05) is 34.9 Å². The maximum atomic E-state index is 2.55. The van der Waals surface area contributed by atoms with Crippen LogP contribution >= 0.6 is 22.9 Å². The predicted molar refractivity (Wildman–Crippen MR) is 51.1 cm³/mol. The molecule has 2 rings (SSSR count). The third-order valence-electron chi connectivity index (χ3n) is 3.00. The molecular formula is C8H14IN. The number of nitrogens with zero attached hydrogens (tertiary/aromatic N) is 1. The third kappa shape index (κ3) is 0.916. The molecule has 1 heterocycles. The normalized spacial score (nSPS) is 38.4. The van der Waals surface area contributed by atoms with Gasteiger partial charge in [-0.25, -0.2) is 3.11 Å². The van der Waals surface area contributed by atoms with Crippen LogP contribution in [-0.2, 0) is 0 Å². The van der Waals surface area contributed by atoms with Gasteiger partial charge in [0.1, 0.15) is 0 Å². The fraction of sp³-hybridized carbons (Fsp3) is 1.00. The predicted octanol–water partition coefficient (Wildman–Crippen LogP) is 2.60. The van der Waals surface area contributed by atoms with E-state index < -0.39 is 0 Å². The maximum Gasteiger partial charge on any atom is 0.0308 e. The van der Waals surface area contributed by atoms with Crippen molar-refractivity contribution in [1.29, 1.82) is 0 Å². The molecule has 2 heteroatoms. The van der Waals surface area contributed by atoms with Crippen LogP contribution in [0.2, 0.25) is 0 Å². The van der Waals surface area contributed by atoms with Crippen molar-refractivity contribution in [3.8, 4) is 0 Å². The van der Waals surface area contributed by atoms with Gasteiger partial charge in [-0.15, -0.1) is 0 Å². The van der Waals surface area contributed by atoms with Crippen LogP contribution in [0.25, 0.3) is 0 Å². The van der Waals surface area contributed by atoms with Crippen molar-refractivity contribution in [2.75, 3.05) is 6.54 Å². The second-order valence-electron chi connectivity index (χ2n) is 3.93. The Hall–Kier alpha value is 0.690. The first-order valence-corrected chi connectivity index (χ1v) is 5.13. The molecule has 1 nitrogen and oxygen atoms in total. The van der Waals surface area contributed by atoms with E-state index in [9.17, 15) is 0 Å². The fourth-order valence-corrected chi connectivity index (χ4v) is 3.66. The zero-order chi connectivity index (χ0) is 7.19. The number of hydrogen-bond donors (Lipinski definition) is 0. The summed E-state index contributed by atoms with van der Waals surface area (Å²) in [6.07, 6.45) is 5.84.